The third-order valence-corrected chi connectivity index (χ3v) is 2.95. The molecule has 0 aliphatic heterocycles. The Balaban J connectivity index is 2.31. The molecule has 84 valence electrons. The lowest BCUT2D eigenvalue weighted by atomic mass is 10.0. The van der Waals surface area contributed by atoms with Gasteiger partial charge in [-0.2, -0.15) is 0 Å². The second kappa shape index (κ2) is 4.97. The molecule has 0 bridgehead atoms. The van der Waals surface area contributed by atoms with E-state index in [0.29, 0.717) is 0 Å². The molecule has 1 saturated carbocycles. The van der Waals surface area contributed by atoms with Crippen molar-refractivity contribution >= 4 is 11.8 Å². The third-order valence-electron chi connectivity index (χ3n) is 2.95. The summed E-state index contributed by atoms with van der Waals surface area (Å²) in [5.74, 6) is 0. The van der Waals surface area contributed by atoms with E-state index in [1.54, 1.807) is 7.11 Å². The van der Waals surface area contributed by atoms with Crippen molar-refractivity contribution in [2.24, 2.45) is 5.16 Å². The SMILES string of the molecule is CO/N=C1\CCC\C1=C/c1ccccc1C. The average Bonchev–Trinajstić information content (AvgIpc) is 2.70. The van der Waals surface area contributed by atoms with Gasteiger partial charge in [0.25, 0.3) is 0 Å². The van der Waals surface area contributed by atoms with Crippen molar-refractivity contribution < 1.29 is 4.84 Å². The Labute approximate surface area is 96.6 Å². The van der Waals surface area contributed by atoms with Crippen LogP contribution in [0.5, 0.6) is 0 Å². The predicted octanol–water partition coefficient (Wildman–Crippen LogP) is 3.56. The maximum Gasteiger partial charge on any atom is 0.106 e. The summed E-state index contributed by atoms with van der Waals surface area (Å²) in [6, 6.07) is 8.41. The van der Waals surface area contributed by atoms with Crippen molar-refractivity contribution in [3.63, 3.8) is 0 Å². The molecule has 1 aromatic carbocycles. The zero-order chi connectivity index (χ0) is 11.4. The van der Waals surface area contributed by atoms with E-state index in [0.717, 1.165) is 18.6 Å². The van der Waals surface area contributed by atoms with Gasteiger partial charge in [0.05, 0.1) is 5.71 Å². The molecule has 2 heteroatoms. The molecule has 16 heavy (non-hydrogen) atoms. The van der Waals surface area contributed by atoms with Gasteiger partial charge in [0.15, 0.2) is 0 Å². The Hall–Kier alpha value is -1.57. The number of rotatable bonds is 2. The van der Waals surface area contributed by atoms with Gasteiger partial charge in [-0.15, -0.1) is 0 Å². The fourth-order valence-corrected chi connectivity index (χ4v) is 2.06. The number of benzene rings is 1. The second-order valence-electron chi connectivity index (χ2n) is 4.10. The molecule has 0 heterocycles. The van der Waals surface area contributed by atoms with Crippen LogP contribution >= 0.6 is 0 Å². The summed E-state index contributed by atoms with van der Waals surface area (Å²) in [5, 5.41) is 4.08. The van der Waals surface area contributed by atoms with Gasteiger partial charge in [-0.3, -0.25) is 0 Å². The number of hydrogen-bond donors (Lipinski definition) is 0. The van der Waals surface area contributed by atoms with Crippen molar-refractivity contribution in [2.45, 2.75) is 26.2 Å². The smallest absolute Gasteiger partial charge is 0.106 e. The van der Waals surface area contributed by atoms with E-state index in [-0.39, 0.29) is 0 Å². The van der Waals surface area contributed by atoms with Crippen molar-refractivity contribution in [2.75, 3.05) is 7.11 Å². The number of hydrogen-bond acceptors (Lipinski definition) is 2. The maximum absolute atomic E-state index is 4.87. The summed E-state index contributed by atoms with van der Waals surface area (Å²) < 4.78 is 0. The highest BCUT2D eigenvalue weighted by atomic mass is 16.6. The van der Waals surface area contributed by atoms with Crippen molar-refractivity contribution in [3.8, 4) is 0 Å². The molecular formula is C14H17NO. The molecule has 0 spiro atoms. The molecule has 1 aromatic rings. The zero-order valence-electron chi connectivity index (χ0n) is 9.86. The van der Waals surface area contributed by atoms with Crippen LogP contribution < -0.4 is 0 Å². The van der Waals surface area contributed by atoms with Crippen LogP contribution in [0.1, 0.15) is 30.4 Å². The Bertz CT molecular complexity index is 432. The number of oxime groups is 1. The first-order valence-corrected chi connectivity index (χ1v) is 5.68. The van der Waals surface area contributed by atoms with Gasteiger partial charge in [0.2, 0.25) is 0 Å². The molecule has 0 aromatic heterocycles. The molecule has 1 fully saturated rings. The number of nitrogens with zero attached hydrogens (tertiary/aromatic N) is 1. The minimum absolute atomic E-state index is 1.03. The zero-order valence-corrected chi connectivity index (χ0v) is 9.86. The first-order chi connectivity index (χ1) is 7.81. The van der Waals surface area contributed by atoms with Crippen molar-refractivity contribution in [1.82, 2.24) is 0 Å². The van der Waals surface area contributed by atoms with Crippen LogP contribution in [0, 0.1) is 6.92 Å². The van der Waals surface area contributed by atoms with Gasteiger partial charge in [-0.25, -0.2) is 0 Å². The van der Waals surface area contributed by atoms with E-state index in [4.69, 9.17) is 4.84 Å². The molecule has 0 atom stereocenters. The van der Waals surface area contributed by atoms with E-state index >= 15 is 0 Å². The number of allylic oxidation sites excluding steroid dienone is 1. The van der Waals surface area contributed by atoms with Gasteiger partial charge in [-0.05, 0) is 49.0 Å². The summed E-state index contributed by atoms with van der Waals surface area (Å²) in [6.07, 6.45) is 5.56. The van der Waals surface area contributed by atoms with E-state index < -0.39 is 0 Å². The van der Waals surface area contributed by atoms with Gasteiger partial charge in [-0.1, -0.05) is 29.4 Å². The minimum atomic E-state index is 1.03. The van der Waals surface area contributed by atoms with E-state index in [1.165, 1.54) is 23.1 Å². The molecule has 0 unspecified atom stereocenters. The lowest BCUT2D eigenvalue weighted by molar-refractivity contribution is 0.213. The van der Waals surface area contributed by atoms with E-state index in [1.807, 2.05) is 0 Å². The van der Waals surface area contributed by atoms with Gasteiger partial charge >= 0.3 is 0 Å². The monoisotopic (exact) mass is 215 g/mol. The van der Waals surface area contributed by atoms with Crippen molar-refractivity contribution in [1.29, 1.82) is 0 Å². The third kappa shape index (κ3) is 2.32. The summed E-state index contributed by atoms with van der Waals surface area (Å²) in [6.45, 7) is 2.13. The predicted molar refractivity (Wildman–Crippen MR) is 67.5 cm³/mol. The maximum atomic E-state index is 4.87. The molecule has 1 aliphatic rings. The molecule has 0 radical (unpaired) electrons. The topological polar surface area (TPSA) is 21.6 Å². The van der Waals surface area contributed by atoms with Crippen molar-refractivity contribution in [3.05, 3.63) is 41.0 Å². The quantitative estimate of drug-likeness (QED) is 0.691. The summed E-state index contributed by atoms with van der Waals surface area (Å²) in [7, 11) is 1.61. The van der Waals surface area contributed by atoms with E-state index in [2.05, 4.69) is 42.4 Å². The normalized spacial score (nSPS) is 20.6. The Morgan fingerprint density at radius 2 is 2.06 bits per heavy atom. The summed E-state index contributed by atoms with van der Waals surface area (Å²) >= 11 is 0. The van der Waals surface area contributed by atoms with Crippen LogP contribution in [0.25, 0.3) is 6.08 Å². The van der Waals surface area contributed by atoms with Gasteiger partial charge in [0, 0.05) is 0 Å². The van der Waals surface area contributed by atoms with Crippen LogP contribution in [0.4, 0.5) is 0 Å². The highest BCUT2D eigenvalue weighted by Crippen LogP contribution is 2.25. The largest absolute Gasteiger partial charge is 0.399 e. The second-order valence-corrected chi connectivity index (χ2v) is 4.10. The first kappa shape index (κ1) is 10.9. The van der Waals surface area contributed by atoms with Gasteiger partial charge < -0.3 is 4.84 Å². The van der Waals surface area contributed by atoms with Crippen LogP contribution in [0.15, 0.2) is 35.0 Å². The van der Waals surface area contributed by atoms with Crippen LogP contribution in [-0.4, -0.2) is 12.8 Å². The molecule has 2 rings (SSSR count). The Morgan fingerprint density at radius 3 is 2.81 bits per heavy atom. The summed E-state index contributed by atoms with van der Waals surface area (Å²) in [4.78, 5) is 4.87. The fraction of sp³-hybridized carbons (Fsp3) is 0.357. The van der Waals surface area contributed by atoms with Crippen LogP contribution in [0.3, 0.4) is 0 Å². The standard InChI is InChI=1S/C14H17NO/c1-11-6-3-4-7-12(11)10-13-8-5-9-14(13)15-16-2/h3-4,6-7,10H,5,8-9H2,1-2H3/b13-10+,15-14+. The highest BCUT2D eigenvalue weighted by molar-refractivity contribution is 6.05. The number of aryl methyl sites for hydroxylation is 1. The van der Waals surface area contributed by atoms with Gasteiger partial charge in [0.1, 0.15) is 7.11 Å². The van der Waals surface area contributed by atoms with Crippen LogP contribution in [-0.2, 0) is 4.84 Å². The average molecular weight is 215 g/mol. The van der Waals surface area contributed by atoms with E-state index in [9.17, 15) is 0 Å². The molecule has 0 saturated heterocycles. The Kier molecular flexibility index (Phi) is 3.40. The van der Waals surface area contributed by atoms with Crippen LogP contribution in [0.2, 0.25) is 0 Å². The summed E-state index contributed by atoms with van der Waals surface area (Å²) in [5.41, 5.74) is 5.00. The molecule has 1 aliphatic carbocycles. The minimum Gasteiger partial charge on any atom is -0.399 e. The molecular weight excluding hydrogens is 198 g/mol. The first-order valence-electron chi connectivity index (χ1n) is 5.68. The fourth-order valence-electron chi connectivity index (χ4n) is 2.06. The lowest BCUT2D eigenvalue weighted by Crippen LogP contribution is -1.94. The molecule has 0 N–H and O–H groups in total. The lowest BCUT2D eigenvalue weighted by Gasteiger charge is -2.02. The molecule has 0 amide bonds. The molecule has 2 nitrogen and oxygen atoms in total. The highest BCUT2D eigenvalue weighted by Gasteiger charge is 2.15. The Morgan fingerprint density at radius 1 is 1.25 bits per heavy atom.